The number of nitrogens with zero attached hydrogens (tertiary/aromatic N) is 1. The molecule has 1 atom stereocenters. The second kappa shape index (κ2) is 7.67. The van der Waals surface area contributed by atoms with Gasteiger partial charge in [0.15, 0.2) is 0 Å². The highest BCUT2D eigenvalue weighted by molar-refractivity contribution is 5.81. The van der Waals surface area contributed by atoms with E-state index in [4.69, 9.17) is 10.5 Å². The number of ether oxygens (including phenoxy) is 1. The Labute approximate surface area is 104 Å². The lowest BCUT2D eigenvalue weighted by Gasteiger charge is -2.28. The quantitative estimate of drug-likeness (QED) is 0.765. The highest BCUT2D eigenvalue weighted by Gasteiger charge is 2.21. The van der Waals surface area contributed by atoms with E-state index in [0.29, 0.717) is 5.92 Å². The van der Waals surface area contributed by atoms with E-state index in [1.165, 1.54) is 0 Å². The van der Waals surface area contributed by atoms with Crippen molar-refractivity contribution in [3.63, 3.8) is 0 Å². The minimum atomic E-state index is -0.320. The molecule has 1 saturated heterocycles. The Kier molecular flexibility index (Phi) is 6.52. The lowest BCUT2D eigenvalue weighted by Crippen LogP contribution is -2.44. The summed E-state index contributed by atoms with van der Waals surface area (Å²) in [4.78, 5) is 13.8. The average molecular weight is 242 g/mol. The molecule has 1 amide bonds. The van der Waals surface area contributed by atoms with Gasteiger partial charge in [-0.2, -0.15) is 0 Å². The van der Waals surface area contributed by atoms with E-state index in [0.717, 1.165) is 51.9 Å². The summed E-state index contributed by atoms with van der Waals surface area (Å²) < 4.78 is 5.31. The molecule has 4 nitrogen and oxygen atoms in total. The van der Waals surface area contributed by atoms with E-state index >= 15 is 0 Å². The highest BCUT2D eigenvalue weighted by Crippen LogP contribution is 2.16. The minimum Gasteiger partial charge on any atom is -0.381 e. The van der Waals surface area contributed by atoms with Crippen LogP contribution in [0.3, 0.4) is 0 Å². The van der Waals surface area contributed by atoms with E-state index in [-0.39, 0.29) is 11.9 Å². The summed E-state index contributed by atoms with van der Waals surface area (Å²) >= 11 is 0. The maximum atomic E-state index is 12.0. The van der Waals surface area contributed by atoms with E-state index in [1.54, 1.807) is 4.90 Å². The molecule has 0 aromatic heterocycles. The third-order valence-electron chi connectivity index (χ3n) is 3.44. The van der Waals surface area contributed by atoms with Gasteiger partial charge in [-0.1, -0.05) is 19.8 Å². The summed E-state index contributed by atoms with van der Waals surface area (Å²) in [5, 5.41) is 0. The van der Waals surface area contributed by atoms with E-state index in [9.17, 15) is 4.79 Å². The van der Waals surface area contributed by atoms with Crippen LogP contribution in [0.25, 0.3) is 0 Å². The third kappa shape index (κ3) is 5.04. The van der Waals surface area contributed by atoms with Crippen molar-refractivity contribution in [2.75, 3.05) is 26.8 Å². The molecule has 1 aliphatic heterocycles. The maximum absolute atomic E-state index is 12.0. The highest BCUT2D eigenvalue weighted by atomic mass is 16.5. The molecule has 1 fully saturated rings. The van der Waals surface area contributed by atoms with Gasteiger partial charge in [0.05, 0.1) is 6.04 Å². The van der Waals surface area contributed by atoms with Gasteiger partial charge in [0.2, 0.25) is 5.91 Å². The first-order chi connectivity index (χ1) is 8.15. The summed E-state index contributed by atoms with van der Waals surface area (Å²) in [6.45, 7) is 4.59. The first kappa shape index (κ1) is 14.5. The van der Waals surface area contributed by atoms with Crippen LogP contribution in [0, 0.1) is 5.92 Å². The van der Waals surface area contributed by atoms with Crippen molar-refractivity contribution in [2.24, 2.45) is 11.7 Å². The number of carbonyl (C=O) groups is 1. The summed E-state index contributed by atoms with van der Waals surface area (Å²) in [5.74, 6) is 0.668. The summed E-state index contributed by atoms with van der Waals surface area (Å²) in [6, 6.07) is -0.320. The monoisotopic (exact) mass is 242 g/mol. The SMILES string of the molecule is CCCC[C@H](N)C(=O)N(C)CC1CCOCC1. The fourth-order valence-electron chi connectivity index (χ4n) is 2.24. The second-order valence-electron chi connectivity index (χ2n) is 5.02. The maximum Gasteiger partial charge on any atom is 0.239 e. The van der Waals surface area contributed by atoms with Crippen molar-refractivity contribution in [1.29, 1.82) is 0 Å². The van der Waals surface area contributed by atoms with Gasteiger partial charge in [0.25, 0.3) is 0 Å². The molecule has 17 heavy (non-hydrogen) atoms. The normalized spacial score (nSPS) is 19.0. The molecule has 1 rings (SSSR count). The smallest absolute Gasteiger partial charge is 0.239 e. The number of hydrogen-bond acceptors (Lipinski definition) is 3. The Bertz CT molecular complexity index is 227. The van der Waals surface area contributed by atoms with Crippen molar-refractivity contribution < 1.29 is 9.53 Å². The van der Waals surface area contributed by atoms with Crippen LogP contribution in [0.5, 0.6) is 0 Å². The number of amides is 1. The van der Waals surface area contributed by atoms with Gasteiger partial charge in [-0.15, -0.1) is 0 Å². The first-order valence-electron chi connectivity index (χ1n) is 6.73. The number of nitrogens with two attached hydrogens (primary N) is 1. The molecule has 2 N–H and O–H groups in total. The molecule has 0 unspecified atom stereocenters. The zero-order valence-electron chi connectivity index (χ0n) is 11.2. The largest absolute Gasteiger partial charge is 0.381 e. The second-order valence-corrected chi connectivity index (χ2v) is 5.02. The molecule has 0 spiro atoms. The van der Waals surface area contributed by atoms with Gasteiger partial charge in [0.1, 0.15) is 0 Å². The Hall–Kier alpha value is -0.610. The van der Waals surface area contributed by atoms with Crippen molar-refractivity contribution in [2.45, 2.75) is 45.1 Å². The molecule has 0 radical (unpaired) electrons. The number of unbranched alkanes of at least 4 members (excludes halogenated alkanes) is 1. The Morgan fingerprint density at radius 2 is 2.12 bits per heavy atom. The number of carbonyl (C=O) groups excluding carboxylic acids is 1. The third-order valence-corrected chi connectivity index (χ3v) is 3.44. The van der Waals surface area contributed by atoms with E-state index < -0.39 is 0 Å². The van der Waals surface area contributed by atoms with Crippen LogP contribution in [0.15, 0.2) is 0 Å². The molecule has 1 heterocycles. The Balaban J connectivity index is 2.29. The first-order valence-corrected chi connectivity index (χ1v) is 6.73. The van der Waals surface area contributed by atoms with Crippen molar-refractivity contribution in [3.05, 3.63) is 0 Å². The molecule has 0 saturated carbocycles. The molecular formula is C13H26N2O2. The zero-order chi connectivity index (χ0) is 12.7. The fourth-order valence-corrected chi connectivity index (χ4v) is 2.24. The predicted molar refractivity (Wildman–Crippen MR) is 68.7 cm³/mol. The van der Waals surface area contributed by atoms with Crippen LogP contribution in [0.2, 0.25) is 0 Å². The lowest BCUT2D eigenvalue weighted by molar-refractivity contribution is -0.132. The molecule has 0 aliphatic carbocycles. The Morgan fingerprint density at radius 1 is 1.47 bits per heavy atom. The average Bonchev–Trinajstić information content (AvgIpc) is 2.36. The van der Waals surface area contributed by atoms with Crippen LogP contribution in [-0.2, 0) is 9.53 Å². The summed E-state index contributed by atoms with van der Waals surface area (Å²) in [5.41, 5.74) is 5.89. The molecule has 1 aliphatic rings. The number of likely N-dealkylation sites (N-methyl/N-ethyl adjacent to an activating group) is 1. The number of rotatable bonds is 6. The zero-order valence-corrected chi connectivity index (χ0v) is 11.2. The number of hydrogen-bond donors (Lipinski definition) is 1. The topological polar surface area (TPSA) is 55.6 Å². The summed E-state index contributed by atoms with van der Waals surface area (Å²) in [7, 11) is 1.86. The molecule has 0 bridgehead atoms. The molecular weight excluding hydrogens is 216 g/mol. The van der Waals surface area contributed by atoms with Crippen molar-refractivity contribution in [3.8, 4) is 0 Å². The predicted octanol–water partition coefficient (Wildman–Crippen LogP) is 1.39. The van der Waals surface area contributed by atoms with Gasteiger partial charge in [0, 0.05) is 26.8 Å². The molecule has 0 aromatic rings. The van der Waals surface area contributed by atoms with Gasteiger partial charge in [-0.25, -0.2) is 0 Å². The molecule has 100 valence electrons. The van der Waals surface area contributed by atoms with Gasteiger partial charge in [-0.05, 0) is 25.2 Å². The van der Waals surface area contributed by atoms with Crippen LogP contribution in [0.4, 0.5) is 0 Å². The van der Waals surface area contributed by atoms with Crippen LogP contribution in [0.1, 0.15) is 39.0 Å². The van der Waals surface area contributed by atoms with Crippen molar-refractivity contribution in [1.82, 2.24) is 4.90 Å². The van der Waals surface area contributed by atoms with Crippen LogP contribution in [-0.4, -0.2) is 43.7 Å². The minimum absolute atomic E-state index is 0.0879. The summed E-state index contributed by atoms with van der Waals surface area (Å²) in [6.07, 6.45) is 5.03. The standard InChI is InChI=1S/C13H26N2O2/c1-3-4-5-12(14)13(16)15(2)10-11-6-8-17-9-7-11/h11-12H,3-10,14H2,1-2H3/t12-/m0/s1. The molecule has 0 aromatic carbocycles. The van der Waals surface area contributed by atoms with Crippen LogP contribution >= 0.6 is 0 Å². The van der Waals surface area contributed by atoms with E-state index in [1.807, 2.05) is 7.05 Å². The molecule has 4 heteroatoms. The van der Waals surface area contributed by atoms with Crippen LogP contribution < -0.4 is 5.73 Å². The fraction of sp³-hybridized carbons (Fsp3) is 0.923. The van der Waals surface area contributed by atoms with Gasteiger partial charge >= 0.3 is 0 Å². The van der Waals surface area contributed by atoms with Crippen molar-refractivity contribution >= 4 is 5.91 Å². The van der Waals surface area contributed by atoms with Gasteiger partial charge < -0.3 is 15.4 Å². The van der Waals surface area contributed by atoms with Gasteiger partial charge in [-0.3, -0.25) is 4.79 Å². The Morgan fingerprint density at radius 3 is 2.71 bits per heavy atom. The van der Waals surface area contributed by atoms with E-state index in [2.05, 4.69) is 6.92 Å². The lowest BCUT2D eigenvalue weighted by atomic mass is 9.99.